The van der Waals surface area contributed by atoms with Gasteiger partial charge in [0.05, 0.1) is 11.8 Å². The summed E-state index contributed by atoms with van der Waals surface area (Å²) in [7, 11) is 1.69. The van der Waals surface area contributed by atoms with E-state index < -0.39 is 5.91 Å². The Morgan fingerprint density at radius 3 is 2.64 bits per heavy atom. The fraction of sp³-hybridized carbons (Fsp3) is 0.250. The molecule has 2 N–H and O–H groups in total. The first kappa shape index (κ1) is 15.6. The van der Waals surface area contributed by atoms with Crippen molar-refractivity contribution in [3.8, 4) is 5.75 Å². The molecule has 0 atom stereocenters. The topological polar surface area (TPSA) is 85.8 Å². The van der Waals surface area contributed by atoms with Crippen molar-refractivity contribution in [2.45, 2.75) is 13.5 Å². The van der Waals surface area contributed by atoms with E-state index in [1.165, 1.54) is 0 Å². The molecule has 0 radical (unpaired) electrons. The molecule has 0 bridgehead atoms. The number of nitrogens with two attached hydrogens (primary N) is 1. The van der Waals surface area contributed by atoms with Crippen LogP contribution in [-0.2, 0) is 11.3 Å². The maximum atomic E-state index is 12.5. The third kappa shape index (κ3) is 3.66. The van der Waals surface area contributed by atoms with Crippen LogP contribution < -0.4 is 10.5 Å². The molecule has 22 heavy (non-hydrogen) atoms. The minimum Gasteiger partial charge on any atom is -0.483 e. The zero-order chi connectivity index (χ0) is 16.1. The first-order chi connectivity index (χ1) is 10.5. The van der Waals surface area contributed by atoms with Gasteiger partial charge in [0.2, 0.25) is 0 Å². The minimum absolute atomic E-state index is 0.208. The average Bonchev–Trinajstić information content (AvgIpc) is 2.90. The van der Waals surface area contributed by atoms with Crippen molar-refractivity contribution in [1.82, 2.24) is 4.90 Å². The van der Waals surface area contributed by atoms with Crippen LogP contribution in [0.4, 0.5) is 0 Å². The number of furan rings is 1. The van der Waals surface area contributed by atoms with Gasteiger partial charge in [-0.2, -0.15) is 0 Å². The summed E-state index contributed by atoms with van der Waals surface area (Å²) in [6, 6.07) is 8.58. The maximum Gasteiger partial charge on any atom is 0.257 e. The van der Waals surface area contributed by atoms with E-state index >= 15 is 0 Å². The highest BCUT2D eigenvalue weighted by Gasteiger charge is 2.18. The van der Waals surface area contributed by atoms with Crippen LogP contribution in [0.15, 0.2) is 41.0 Å². The summed E-state index contributed by atoms with van der Waals surface area (Å²) in [6.45, 7) is 2.00. The second-order valence-corrected chi connectivity index (χ2v) is 4.91. The number of nitrogens with zero attached hydrogens (tertiary/aromatic N) is 1. The van der Waals surface area contributed by atoms with Gasteiger partial charge in [-0.1, -0.05) is 12.1 Å². The number of benzene rings is 1. The second-order valence-electron chi connectivity index (χ2n) is 4.91. The lowest BCUT2D eigenvalue weighted by Crippen LogP contribution is -2.27. The number of rotatable bonds is 6. The molecule has 0 saturated carbocycles. The first-order valence-corrected chi connectivity index (χ1v) is 6.77. The molecule has 6 heteroatoms. The Morgan fingerprint density at radius 1 is 1.27 bits per heavy atom. The van der Waals surface area contributed by atoms with Crippen LogP contribution in [-0.4, -0.2) is 30.4 Å². The predicted octanol–water partition coefficient (Wildman–Crippen LogP) is 1.72. The number of hydrogen-bond donors (Lipinski definition) is 1. The van der Waals surface area contributed by atoms with Crippen molar-refractivity contribution in [1.29, 1.82) is 0 Å². The Kier molecular flexibility index (Phi) is 4.83. The summed E-state index contributed by atoms with van der Waals surface area (Å²) >= 11 is 0. The van der Waals surface area contributed by atoms with Crippen molar-refractivity contribution in [2.24, 2.45) is 5.73 Å². The number of para-hydroxylation sites is 1. The van der Waals surface area contributed by atoms with Crippen molar-refractivity contribution >= 4 is 11.8 Å². The van der Waals surface area contributed by atoms with Crippen LogP contribution in [0.1, 0.15) is 21.7 Å². The van der Waals surface area contributed by atoms with E-state index in [1.807, 2.05) is 13.0 Å². The van der Waals surface area contributed by atoms with Crippen molar-refractivity contribution < 1.29 is 18.7 Å². The van der Waals surface area contributed by atoms with E-state index in [2.05, 4.69) is 0 Å². The van der Waals surface area contributed by atoms with Crippen molar-refractivity contribution in [3.63, 3.8) is 0 Å². The SMILES string of the molecule is Cc1occc1CN(C)C(=O)c1ccccc1OCC(N)=O. The van der Waals surface area contributed by atoms with E-state index in [0.29, 0.717) is 17.9 Å². The average molecular weight is 302 g/mol. The van der Waals surface area contributed by atoms with E-state index in [1.54, 1.807) is 42.5 Å². The fourth-order valence-electron chi connectivity index (χ4n) is 2.03. The molecule has 2 amide bonds. The number of aryl methyl sites for hydroxylation is 1. The van der Waals surface area contributed by atoms with E-state index in [4.69, 9.17) is 14.9 Å². The molecular weight excluding hydrogens is 284 g/mol. The normalized spacial score (nSPS) is 10.3. The van der Waals surface area contributed by atoms with Crippen LogP contribution in [0, 0.1) is 6.92 Å². The lowest BCUT2D eigenvalue weighted by atomic mass is 10.1. The van der Waals surface area contributed by atoms with E-state index in [-0.39, 0.29) is 12.5 Å². The first-order valence-electron chi connectivity index (χ1n) is 6.77. The van der Waals surface area contributed by atoms with Crippen LogP contribution in [0.25, 0.3) is 0 Å². The molecule has 6 nitrogen and oxygen atoms in total. The highest BCUT2D eigenvalue weighted by Crippen LogP contribution is 2.21. The summed E-state index contributed by atoms with van der Waals surface area (Å²) in [6.07, 6.45) is 1.59. The molecule has 1 heterocycles. The minimum atomic E-state index is -0.593. The van der Waals surface area contributed by atoms with Gasteiger partial charge in [-0.25, -0.2) is 0 Å². The number of hydrogen-bond acceptors (Lipinski definition) is 4. The molecule has 0 aliphatic heterocycles. The van der Waals surface area contributed by atoms with Crippen molar-refractivity contribution in [3.05, 3.63) is 53.5 Å². The molecule has 116 valence electrons. The highest BCUT2D eigenvalue weighted by molar-refractivity contribution is 5.96. The van der Waals surface area contributed by atoms with Gasteiger partial charge in [0, 0.05) is 19.2 Å². The summed E-state index contributed by atoms with van der Waals surface area (Å²) in [5.41, 5.74) is 6.38. The van der Waals surface area contributed by atoms with Gasteiger partial charge in [0.1, 0.15) is 11.5 Å². The lowest BCUT2D eigenvalue weighted by Gasteiger charge is -2.18. The largest absolute Gasteiger partial charge is 0.483 e. The van der Waals surface area contributed by atoms with Gasteiger partial charge in [-0.15, -0.1) is 0 Å². The third-order valence-corrected chi connectivity index (χ3v) is 3.21. The Balaban J connectivity index is 2.14. The Hall–Kier alpha value is -2.76. The van der Waals surface area contributed by atoms with E-state index in [9.17, 15) is 9.59 Å². The molecule has 2 rings (SSSR count). The molecule has 1 aromatic heterocycles. The molecular formula is C16H18N2O4. The molecule has 0 fully saturated rings. The quantitative estimate of drug-likeness (QED) is 0.880. The van der Waals surface area contributed by atoms with Gasteiger partial charge in [0.15, 0.2) is 6.61 Å². The number of ether oxygens (including phenoxy) is 1. The Bertz CT molecular complexity index is 678. The van der Waals surface area contributed by atoms with Gasteiger partial charge < -0.3 is 19.8 Å². The molecule has 2 aromatic rings. The smallest absolute Gasteiger partial charge is 0.257 e. The zero-order valence-corrected chi connectivity index (χ0v) is 12.5. The fourth-order valence-corrected chi connectivity index (χ4v) is 2.03. The zero-order valence-electron chi connectivity index (χ0n) is 12.5. The molecule has 0 saturated heterocycles. The molecule has 0 unspecified atom stereocenters. The summed E-state index contributed by atoms with van der Waals surface area (Å²) in [5.74, 6) is 0.310. The lowest BCUT2D eigenvalue weighted by molar-refractivity contribution is -0.119. The van der Waals surface area contributed by atoms with E-state index in [0.717, 1.165) is 11.3 Å². The van der Waals surface area contributed by atoms with Crippen LogP contribution >= 0.6 is 0 Å². The highest BCUT2D eigenvalue weighted by atomic mass is 16.5. The molecule has 1 aromatic carbocycles. The predicted molar refractivity (Wildman–Crippen MR) is 80.4 cm³/mol. The monoisotopic (exact) mass is 302 g/mol. The molecule has 0 aliphatic carbocycles. The van der Waals surface area contributed by atoms with Gasteiger partial charge in [0.25, 0.3) is 11.8 Å². The second kappa shape index (κ2) is 6.80. The number of carbonyl (C=O) groups is 2. The standard InChI is InChI=1S/C16H18N2O4/c1-11-12(7-8-21-11)9-18(2)16(20)13-5-3-4-6-14(13)22-10-15(17)19/h3-8H,9-10H2,1-2H3,(H2,17,19). The van der Waals surface area contributed by atoms with Crippen LogP contribution in [0.5, 0.6) is 5.75 Å². The van der Waals surface area contributed by atoms with Gasteiger partial charge in [-0.3, -0.25) is 9.59 Å². The van der Waals surface area contributed by atoms with Crippen molar-refractivity contribution in [2.75, 3.05) is 13.7 Å². The summed E-state index contributed by atoms with van der Waals surface area (Å²) in [5, 5.41) is 0. The maximum absolute atomic E-state index is 12.5. The Morgan fingerprint density at radius 2 is 2.00 bits per heavy atom. The molecule has 0 aliphatic rings. The number of primary amides is 1. The Labute approximate surface area is 128 Å². The third-order valence-electron chi connectivity index (χ3n) is 3.21. The molecule has 0 spiro atoms. The summed E-state index contributed by atoms with van der Waals surface area (Å²) < 4.78 is 10.5. The van der Waals surface area contributed by atoms with Crippen LogP contribution in [0.3, 0.4) is 0 Å². The van der Waals surface area contributed by atoms with Gasteiger partial charge >= 0.3 is 0 Å². The number of amides is 2. The van der Waals surface area contributed by atoms with Crippen LogP contribution in [0.2, 0.25) is 0 Å². The number of carbonyl (C=O) groups excluding carboxylic acids is 2. The summed E-state index contributed by atoms with van der Waals surface area (Å²) in [4.78, 5) is 24.9. The van der Waals surface area contributed by atoms with Gasteiger partial charge in [-0.05, 0) is 25.1 Å².